The van der Waals surface area contributed by atoms with Gasteiger partial charge in [0.25, 0.3) is 5.91 Å². The standard InChI is InChI=1S/C19H23N5O3/c1-11(2)27-19(26)16-12(3)17(21-13(16)4)18(25)20-9-8-15-23-22-14-7-5-6-10-24(14)15/h5-7,10-11,21H,8-9H2,1-4H3,(H,20,25). The number of nitrogens with one attached hydrogen (secondary N) is 2. The van der Waals surface area contributed by atoms with Gasteiger partial charge in [0, 0.05) is 24.9 Å². The highest BCUT2D eigenvalue weighted by Gasteiger charge is 2.23. The zero-order valence-electron chi connectivity index (χ0n) is 15.9. The number of pyridine rings is 1. The molecule has 8 heteroatoms. The SMILES string of the molecule is Cc1[nH]c(C(=O)NCCc2nnc3ccccn23)c(C)c1C(=O)OC(C)C. The number of fused-ring (bicyclic) bond motifs is 1. The molecule has 3 aromatic rings. The Bertz CT molecular complexity index is 987. The minimum atomic E-state index is -0.426. The molecule has 3 rings (SSSR count). The summed E-state index contributed by atoms with van der Waals surface area (Å²) >= 11 is 0. The van der Waals surface area contributed by atoms with Crippen molar-refractivity contribution in [1.29, 1.82) is 0 Å². The number of nitrogens with zero attached hydrogens (tertiary/aromatic N) is 3. The average molecular weight is 369 g/mol. The van der Waals surface area contributed by atoms with Crippen molar-refractivity contribution in [1.82, 2.24) is 24.9 Å². The molecule has 0 saturated carbocycles. The van der Waals surface area contributed by atoms with E-state index >= 15 is 0 Å². The first-order chi connectivity index (χ1) is 12.9. The fourth-order valence-electron chi connectivity index (χ4n) is 2.99. The summed E-state index contributed by atoms with van der Waals surface area (Å²) in [6.45, 7) is 7.47. The minimum absolute atomic E-state index is 0.221. The molecule has 2 N–H and O–H groups in total. The monoisotopic (exact) mass is 369 g/mol. The highest BCUT2D eigenvalue weighted by atomic mass is 16.5. The summed E-state index contributed by atoms with van der Waals surface area (Å²) < 4.78 is 7.14. The van der Waals surface area contributed by atoms with Crippen LogP contribution in [0.15, 0.2) is 24.4 Å². The summed E-state index contributed by atoms with van der Waals surface area (Å²) in [5, 5.41) is 11.1. The lowest BCUT2D eigenvalue weighted by atomic mass is 10.1. The van der Waals surface area contributed by atoms with E-state index in [2.05, 4.69) is 20.5 Å². The number of aromatic amines is 1. The topological polar surface area (TPSA) is 101 Å². The molecule has 0 fully saturated rings. The number of aromatic nitrogens is 4. The first-order valence-corrected chi connectivity index (χ1v) is 8.85. The van der Waals surface area contributed by atoms with E-state index in [1.54, 1.807) is 27.7 Å². The first-order valence-electron chi connectivity index (χ1n) is 8.85. The number of H-pyrrole nitrogens is 1. The second-order valence-corrected chi connectivity index (χ2v) is 6.63. The van der Waals surface area contributed by atoms with Crippen LogP contribution < -0.4 is 5.32 Å². The van der Waals surface area contributed by atoms with E-state index in [1.807, 2.05) is 28.8 Å². The van der Waals surface area contributed by atoms with Crippen molar-refractivity contribution < 1.29 is 14.3 Å². The van der Waals surface area contributed by atoms with Crippen LogP contribution in [0, 0.1) is 13.8 Å². The lowest BCUT2D eigenvalue weighted by molar-refractivity contribution is 0.0376. The lowest BCUT2D eigenvalue weighted by Gasteiger charge is -2.08. The van der Waals surface area contributed by atoms with E-state index in [4.69, 9.17) is 4.74 Å². The summed E-state index contributed by atoms with van der Waals surface area (Å²) in [6.07, 6.45) is 2.21. The average Bonchev–Trinajstić information content (AvgIpc) is 3.15. The van der Waals surface area contributed by atoms with Crippen LogP contribution in [-0.4, -0.2) is 44.1 Å². The second kappa shape index (κ2) is 7.61. The Morgan fingerprint density at radius 2 is 2.04 bits per heavy atom. The van der Waals surface area contributed by atoms with E-state index in [-0.39, 0.29) is 12.0 Å². The van der Waals surface area contributed by atoms with Crippen molar-refractivity contribution in [3.05, 3.63) is 52.7 Å². The van der Waals surface area contributed by atoms with Crippen molar-refractivity contribution in [3.63, 3.8) is 0 Å². The van der Waals surface area contributed by atoms with Crippen LogP contribution >= 0.6 is 0 Å². The van der Waals surface area contributed by atoms with Gasteiger partial charge in [0.1, 0.15) is 11.5 Å². The largest absolute Gasteiger partial charge is 0.459 e. The van der Waals surface area contributed by atoms with Crippen LogP contribution in [0.25, 0.3) is 5.65 Å². The number of esters is 1. The number of hydrogen-bond donors (Lipinski definition) is 2. The molecule has 0 aliphatic rings. The molecule has 3 aromatic heterocycles. The van der Waals surface area contributed by atoms with Gasteiger partial charge < -0.3 is 15.0 Å². The Morgan fingerprint density at radius 3 is 2.78 bits per heavy atom. The van der Waals surface area contributed by atoms with Gasteiger partial charge in [0.2, 0.25) is 0 Å². The van der Waals surface area contributed by atoms with Gasteiger partial charge in [-0.1, -0.05) is 6.07 Å². The molecule has 0 unspecified atom stereocenters. The molecule has 0 aliphatic carbocycles. The summed E-state index contributed by atoms with van der Waals surface area (Å²) in [5.74, 6) is 0.0738. The van der Waals surface area contributed by atoms with Gasteiger partial charge in [-0.05, 0) is 45.4 Å². The number of carbonyl (C=O) groups excluding carboxylic acids is 2. The highest BCUT2D eigenvalue weighted by molar-refractivity contribution is 6.00. The summed E-state index contributed by atoms with van der Waals surface area (Å²) in [7, 11) is 0. The van der Waals surface area contributed by atoms with Crippen molar-refractivity contribution in [2.75, 3.05) is 6.54 Å². The number of rotatable bonds is 6. The van der Waals surface area contributed by atoms with Crippen LogP contribution in [0.4, 0.5) is 0 Å². The van der Waals surface area contributed by atoms with Gasteiger partial charge in [0.15, 0.2) is 5.65 Å². The fourth-order valence-corrected chi connectivity index (χ4v) is 2.99. The maximum atomic E-state index is 12.5. The zero-order valence-corrected chi connectivity index (χ0v) is 15.9. The summed E-state index contributed by atoms with van der Waals surface area (Å²) in [5.41, 5.74) is 2.75. The predicted octanol–water partition coefficient (Wildman–Crippen LogP) is 2.21. The van der Waals surface area contributed by atoms with Crippen molar-refractivity contribution in [2.45, 2.75) is 40.2 Å². The molecule has 0 atom stereocenters. The van der Waals surface area contributed by atoms with E-state index in [9.17, 15) is 9.59 Å². The van der Waals surface area contributed by atoms with E-state index in [0.29, 0.717) is 35.5 Å². The molecule has 0 bridgehead atoms. The Hall–Kier alpha value is -3.16. The van der Waals surface area contributed by atoms with Crippen LogP contribution in [0.5, 0.6) is 0 Å². The van der Waals surface area contributed by atoms with Gasteiger partial charge in [-0.3, -0.25) is 9.20 Å². The Morgan fingerprint density at radius 1 is 1.26 bits per heavy atom. The maximum absolute atomic E-state index is 12.5. The summed E-state index contributed by atoms with van der Waals surface area (Å²) in [6, 6.07) is 5.67. The van der Waals surface area contributed by atoms with Gasteiger partial charge in [-0.25, -0.2) is 4.79 Å². The number of carbonyl (C=O) groups is 2. The third-order valence-corrected chi connectivity index (χ3v) is 4.23. The smallest absolute Gasteiger partial charge is 0.340 e. The van der Waals surface area contributed by atoms with Crippen LogP contribution in [-0.2, 0) is 11.2 Å². The van der Waals surface area contributed by atoms with Crippen LogP contribution in [0.3, 0.4) is 0 Å². The van der Waals surface area contributed by atoms with Gasteiger partial charge >= 0.3 is 5.97 Å². The normalized spacial score (nSPS) is 11.1. The summed E-state index contributed by atoms with van der Waals surface area (Å²) in [4.78, 5) is 27.8. The zero-order chi connectivity index (χ0) is 19.6. The molecule has 1 amide bonds. The maximum Gasteiger partial charge on any atom is 0.340 e. The molecule has 3 heterocycles. The van der Waals surface area contributed by atoms with E-state index < -0.39 is 5.97 Å². The third-order valence-electron chi connectivity index (χ3n) is 4.23. The van der Waals surface area contributed by atoms with Gasteiger partial charge in [-0.15, -0.1) is 10.2 Å². The van der Waals surface area contributed by atoms with Crippen LogP contribution in [0.2, 0.25) is 0 Å². The number of amides is 1. The van der Waals surface area contributed by atoms with Crippen molar-refractivity contribution in [3.8, 4) is 0 Å². The van der Waals surface area contributed by atoms with Crippen molar-refractivity contribution in [2.24, 2.45) is 0 Å². The Labute approximate surface area is 156 Å². The van der Waals surface area contributed by atoms with Crippen LogP contribution in [0.1, 0.15) is 51.8 Å². The predicted molar refractivity (Wildman–Crippen MR) is 99.8 cm³/mol. The van der Waals surface area contributed by atoms with Gasteiger partial charge in [-0.2, -0.15) is 0 Å². The quantitative estimate of drug-likeness (QED) is 0.649. The molecule has 8 nitrogen and oxygen atoms in total. The second-order valence-electron chi connectivity index (χ2n) is 6.63. The fraction of sp³-hybridized carbons (Fsp3) is 0.368. The Kier molecular flexibility index (Phi) is 5.25. The Balaban J connectivity index is 1.67. The van der Waals surface area contributed by atoms with Gasteiger partial charge in [0.05, 0.1) is 11.7 Å². The van der Waals surface area contributed by atoms with Crippen molar-refractivity contribution >= 4 is 17.5 Å². The molecule has 0 spiro atoms. The minimum Gasteiger partial charge on any atom is -0.459 e. The molecule has 0 radical (unpaired) electrons. The molecular weight excluding hydrogens is 346 g/mol. The number of aryl methyl sites for hydroxylation is 1. The lowest BCUT2D eigenvalue weighted by Crippen LogP contribution is -2.27. The van der Waals surface area contributed by atoms with E-state index in [1.165, 1.54) is 0 Å². The van der Waals surface area contributed by atoms with E-state index in [0.717, 1.165) is 11.5 Å². The molecule has 0 aromatic carbocycles. The molecule has 142 valence electrons. The highest BCUT2D eigenvalue weighted by Crippen LogP contribution is 2.19. The molecule has 27 heavy (non-hydrogen) atoms. The number of ether oxygens (including phenoxy) is 1. The first kappa shape index (κ1) is 18.6. The molecule has 0 saturated heterocycles. The molecule has 0 aliphatic heterocycles. The number of hydrogen-bond acceptors (Lipinski definition) is 5. The third kappa shape index (κ3) is 3.84. The molecular formula is C19H23N5O3.